The Kier molecular flexibility index (Phi) is 2.19. The van der Waals surface area contributed by atoms with E-state index in [1.165, 1.54) is 0 Å². The van der Waals surface area contributed by atoms with Crippen molar-refractivity contribution in [3.8, 4) is 0 Å². The summed E-state index contributed by atoms with van der Waals surface area (Å²) in [6.45, 7) is 0. The van der Waals surface area contributed by atoms with E-state index in [1.807, 2.05) is 0 Å². The minimum Gasteiger partial charge on any atom is -0.382 e. The van der Waals surface area contributed by atoms with Gasteiger partial charge in [-0.25, -0.2) is 18.7 Å². The van der Waals surface area contributed by atoms with Crippen LogP contribution in [0, 0.1) is 0 Å². The molecule has 0 radical (unpaired) electrons. The summed E-state index contributed by atoms with van der Waals surface area (Å²) in [6.07, 6.45) is -1.62. The second-order valence-corrected chi connectivity index (χ2v) is 2.15. The molecular formula is C5H4ClF2N3. The molecule has 0 fully saturated rings. The summed E-state index contributed by atoms with van der Waals surface area (Å²) in [7, 11) is 0. The van der Waals surface area contributed by atoms with Crippen LogP contribution >= 0.6 is 11.6 Å². The van der Waals surface area contributed by atoms with Gasteiger partial charge in [0.25, 0.3) is 6.43 Å². The number of nitrogen functional groups attached to an aromatic ring is 1. The topological polar surface area (TPSA) is 51.8 Å². The molecule has 0 bridgehead atoms. The van der Waals surface area contributed by atoms with Crippen molar-refractivity contribution in [3.63, 3.8) is 0 Å². The van der Waals surface area contributed by atoms with Gasteiger partial charge in [0.1, 0.15) is 5.15 Å². The quantitative estimate of drug-likeness (QED) is 0.713. The maximum absolute atomic E-state index is 12.0. The first-order chi connectivity index (χ1) is 5.11. The second kappa shape index (κ2) is 2.96. The van der Waals surface area contributed by atoms with E-state index in [0.29, 0.717) is 0 Å². The van der Waals surface area contributed by atoms with Crippen LogP contribution in [0.2, 0.25) is 5.15 Å². The van der Waals surface area contributed by atoms with Gasteiger partial charge < -0.3 is 5.73 Å². The zero-order valence-corrected chi connectivity index (χ0v) is 6.02. The molecule has 0 amide bonds. The Balaban J connectivity index is 3.13. The van der Waals surface area contributed by atoms with Crippen molar-refractivity contribution in [2.75, 3.05) is 5.73 Å². The zero-order chi connectivity index (χ0) is 8.43. The van der Waals surface area contributed by atoms with Crippen LogP contribution in [0.3, 0.4) is 0 Å². The Morgan fingerprint density at radius 1 is 1.55 bits per heavy atom. The summed E-state index contributed by atoms with van der Waals surface area (Å²) in [4.78, 5) is 6.70. The van der Waals surface area contributed by atoms with Gasteiger partial charge in [0.2, 0.25) is 0 Å². The highest BCUT2D eigenvalue weighted by Gasteiger charge is 2.14. The minimum absolute atomic E-state index is 0.0884. The van der Waals surface area contributed by atoms with Crippen molar-refractivity contribution in [1.29, 1.82) is 0 Å². The van der Waals surface area contributed by atoms with E-state index < -0.39 is 12.1 Å². The number of anilines is 1. The number of hydrogen-bond donors (Lipinski definition) is 1. The van der Waals surface area contributed by atoms with E-state index in [2.05, 4.69) is 9.97 Å². The van der Waals surface area contributed by atoms with Gasteiger partial charge in [0.15, 0.2) is 11.5 Å². The first-order valence-corrected chi connectivity index (χ1v) is 3.05. The molecule has 0 saturated carbocycles. The largest absolute Gasteiger partial charge is 0.382 e. The summed E-state index contributed by atoms with van der Waals surface area (Å²) in [5, 5.41) is -0.0884. The summed E-state index contributed by atoms with van der Waals surface area (Å²) >= 11 is 5.30. The Morgan fingerprint density at radius 3 is 2.64 bits per heavy atom. The van der Waals surface area contributed by atoms with Crippen molar-refractivity contribution in [3.05, 3.63) is 17.0 Å². The highest BCUT2D eigenvalue weighted by molar-refractivity contribution is 6.29. The molecular weight excluding hydrogens is 176 g/mol. The van der Waals surface area contributed by atoms with Gasteiger partial charge in [-0.1, -0.05) is 11.6 Å². The first-order valence-electron chi connectivity index (χ1n) is 2.67. The molecule has 1 rings (SSSR count). The van der Waals surface area contributed by atoms with Gasteiger partial charge in [-0.2, -0.15) is 0 Å². The number of nitrogens with two attached hydrogens (primary N) is 1. The monoisotopic (exact) mass is 179 g/mol. The number of alkyl halides is 2. The normalized spacial score (nSPS) is 10.5. The number of aromatic nitrogens is 2. The fourth-order valence-electron chi connectivity index (χ4n) is 0.551. The summed E-state index contributed by atoms with van der Waals surface area (Å²) < 4.78 is 23.9. The van der Waals surface area contributed by atoms with E-state index in [0.717, 1.165) is 6.20 Å². The molecule has 0 unspecified atom stereocenters. The molecule has 6 heteroatoms. The van der Waals surface area contributed by atoms with E-state index in [-0.39, 0.29) is 11.0 Å². The molecule has 3 nitrogen and oxygen atoms in total. The molecule has 0 aliphatic carbocycles. The van der Waals surface area contributed by atoms with Crippen LogP contribution in [-0.4, -0.2) is 9.97 Å². The third kappa shape index (κ3) is 1.74. The summed E-state index contributed by atoms with van der Waals surface area (Å²) in [5.41, 5.74) is 4.51. The standard InChI is InChI=1S/C5H4ClF2N3/c6-2-1-10-5(9)3(11-2)4(7)8/h1,4H,(H2,9,10). The molecule has 0 aromatic carbocycles. The van der Waals surface area contributed by atoms with Crippen molar-refractivity contribution in [2.45, 2.75) is 6.43 Å². The molecule has 0 saturated heterocycles. The Hall–Kier alpha value is -0.970. The first kappa shape index (κ1) is 8.13. The lowest BCUT2D eigenvalue weighted by molar-refractivity contribution is 0.146. The fraction of sp³-hybridized carbons (Fsp3) is 0.200. The second-order valence-electron chi connectivity index (χ2n) is 1.76. The minimum atomic E-state index is -2.74. The van der Waals surface area contributed by atoms with Gasteiger partial charge in [0.05, 0.1) is 6.20 Å². The van der Waals surface area contributed by atoms with E-state index in [1.54, 1.807) is 0 Å². The van der Waals surface area contributed by atoms with E-state index in [9.17, 15) is 8.78 Å². The number of halogens is 3. The molecule has 0 aliphatic rings. The average Bonchev–Trinajstić information content (AvgIpc) is 1.94. The lowest BCUT2D eigenvalue weighted by atomic mass is 10.4. The third-order valence-electron chi connectivity index (χ3n) is 1.01. The molecule has 1 aromatic rings. The van der Waals surface area contributed by atoms with Gasteiger partial charge in [-0.05, 0) is 0 Å². The van der Waals surface area contributed by atoms with Crippen LogP contribution in [0.15, 0.2) is 6.20 Å². The Morgan fingerprint density at radius 2 is 2.18 bits per heavy atom. The van der Waals surface area contributed by atoms with Crippen LogP contribution < -0.4 is 5.73 Å². The molecule has 0 aliphatic heterocycles. The number of nitrogens with zero attached hydrogens (tertiary/aromatic N) is 2. The third-order valence-corrected chi connectivity index (χ3v) is 1.19. The van der Waals surface area contributed by atoms with Crippen molar-refractivity contribution < 1.29 is 8.78 Å². The SMILES string of the molecule is Nc1ncc(Cl)nc1C(F)F. The highest BCUT2D eigenvalue weighted by atomic mass is 35.5. The molecule has 0 atom stereocenters. The van der Waals surface area contributed by atoms with Gasteiger partial charge in [0, 0.05) is 0 Å². The van der Waals surface area contributed by atoms with Crippen LogP contribution in [0.25, 0.3) is 0 Å². The smallest absolute Gasteiger partial charge is 0.284 e. The van der Waals surface area contributed by atoms with Gasteiger partial charge >= 0.3 is 0 Å². The predicted octanol–water partition coefficient (Wildman–Crippen LogP) is 1.65. The van der Waals surface area contributed by atoms with Crippen LogP contribution in [0.1, 0.15) is 12.1 Å². The van der Waals surface area contributed by atoms with Crippen molar-refractivity contribution in [1.82, 2.24) is 9.97 Å². The summed E-state index contributed by atoms with van der Waals surface area (Å²) in [5.74, 6) is -0.288. The number of rotatable bonds is 1. The van der Waals surface area contributed by atoms with E-state index in [4.69, 9.17) is 17.3 Å². The molecule has 11 heavy (non-hydrogen) atoms. The zero-order valence-electron chi connectivity index (χ0n) is 5.26. The van der Waals surface area contributed by atoms with Crippen molar-refractivity contribution >= 4 is 17.4 Å². The molecule has 2 N–H and O–H groups in total. The fourth-order valence-corrected chi connectivity index (χ4v) is 0.691. The highest BCUT2D eigenvalue weighted by Crippen LogP contribution is 2.21. The summed E-state index contributed by atoms with van der Waals surface area (Å²) in [6, 6.07) is 0. The molecule has 1 heterocycles. The molecule has 60 valence electrons. The average molecular weight is 180 g/mol. The predicted molar refractivity (Wildman–Crippen MR) is 36.4 cm³/mol. The maximum atomic E-state index is 12.0. The maximum Gasteiger partial charge on any atom is 0.284 e. The lowest BCUT2D eigenvalue weighted by Crippen LogP contribution is -2.00. The van der Waals surface area contributed by atoms with Crippen molar-refractivity contribution in [2.24, 2.45) is 0 Å². The molecule has 0 spiro atoms. The van der Waals surface area contributed by atoms with Gasteiger partial charge in [-0.3, -0.25) is 0 Å². The lowest BCUT2D eigenvalue weighted by Gasteiger charge is -2.00. The van der Waals surface area contributed by atoms with Gasteiger partial charge in [-0.15, -0.1) is 0 Å². The Labute approximate surface area is 66.2 Å². The Bertz CT molecular complexity index is 266. The van der Waals surface area contributed by atoms with E-state index >= 15 is 0 Å². The number of hydrogen-bond acceptors (Lipinski definition) is 3. The van der Waals surface area contributed by atoms with Crippen LogP contribution in [0.4, 0.5) is 14.6 Å². The molecule has 1 aromatic heterocycles. The van der Waals surface area contributed by atoms with Crippen LogP contribution in [-0.2, 0) is 0 Å². The van der Waals surface area contributed by atoms with Crippen LogP contribution in [0.5, 0.6) is 0 Å².